The zero-order valence-electron chi connectivity index (χ0n) is 25.5. The topological polar surface area (TPSA) is 170 Å². The fourth-order valence-corrected chi connectivity index (χ4v) is 6.37. The summed E-state index contributed by atoms with van der Waals surface area (Å²) in [6.07, 6.45) is 0.0548. The maximum absolute atomic E-state index is 14.2. The maximum Gasteiger partial charge on any atom is 0.416 e. The van der Waals surface area contributed by atoms with E-state index in [1.165, 1.54) is 28.2 Å². The summed E-state index contributed by atoms with van der Waals surface area (Å²) in [5.41, 5.74) is -1.36. The highest BCUT2D eigenvalue weighted by Gasteiger charge is 2.48. The molecule has 0 bridgehead atoms. The van der Waals surface area contributed by atoms with Gasteiger partial charge in [-0.1, -0.05) is 11.6 Å². The van der Waals surface area contributed by atoms with Crippen molar-refractivity contribution in [2.45, 2.75) is 44.7 Å². The smallest absolute Gasteiger partial charge is 0.416 e. The number of hydrogen-bond acceptors (Lipinski definition) is 10. The molecule has 18 heteroatoms. The van der Waals surface area contributed by atoms with Crippen LogP contribution >= 0.6 is 11.6 Å². The Bertz CT molecular complexity index is 2200. The lowest BCUT2D eigenvalue weighted by Gasteiger charge is -2.38. The first-order valence-corrected chi connectivity index (χ1v) is 15.3. The van der Waals surface area contributed by atoms with E-state index in [2.05, 4.69) is 30.4 Å². The van der Waals surface area contributed by atoms with Gasteiger partial charge >= 0.3 is 6.18 Å². The molecule has 0 atom stereocenters. The number of pyridine rings is 1. The summed E-state index contributed by atoms with van der Waals surface area (Å²) >= 11 is 6.09. The Morgan fingerprint density at radius 1 is 1.12 bits per heavy atom. The van der Waals surface area contributed by atoms with Crippen molar-refractivity contribution in [1.82, 2.24) is 39.0 Å². The highest BCUT2D eigenvalue weighted by atomic mass is 35.5. The summed E-state index contributed by atoms with van der Waals surface area (Å²) in [5.74, 6) is -1.25. The summed E-state index contributed by atoms with van der Waals surface area (Å²) in [6, 6.07) is 5.89. The zero-order chi connectivity index (χ0) is 34.7. The number of alkyl halides is 3. The van der Waals surface area contributed by atoms with Gasteiger partial charge in [-0.2, -0.15) is 22.7 Å². The SMILES string of the molecule is Cc1ncnc(C(=O)N2CCC3(CC2)OCc2c3c(=O)n3nc(-c4ccncc4)nc3n2CC(=O)Nc2ccc(C(F)(F)F)cc2Cl)c1O. The van der Waals surface area contributed by atoms with Gasteiger partial charge in [0.1, 0.15) is 18.5 Å². The van der Waals surface area contributed by atoms with Gasteiger partial charge in [-0.15, -0.1) is 5.10 Å². The van der Waals surface area contributed by atoms with Crippen molar-refractivity contribution in [2.75, 3.05) is 18.4 Å². The first-order valence-electron chi connectivity index (χ1n) is 14.9. The van der Waals surface area contributed by atoms with Gasteiger partial charge < -0.3 is 24.6 Å². The van der Waals surface area contributed by atoms with E-state index < -0.39 is 41.3 Å². The predicted molar refractivity (Wildman–Crippen MR) is 166 cm³/mol. The number of amides is 2. The van der Waals surface area contributed by atoms with Gasteiger partial charge in [-0.25, -0.2) is 9.97 Å². The molecule has 2 aliphatic heterocycles. The Labute approximate surface area is 279 Å². The quantitative estimate of drug-likeness (QED) is 0.276. The monoisotopic (exact) mass is 695 g/mol. The fourth-order valence-electron chi connectivity index (χ4n) is 6.14. The normalized spacial score (nSPS) is 15.5. The predicted octanol–water partition coefficient (Wildman–Crippen LogP) is 3.73. The summed E-state index contributed by atoms with van der Waals surface area (Å²) in [5, 5.41) is 17.1. The van der Waals surface area contributed by atoms with Crippen molar-refractivity contribution in [1.29, 1.82) is 0 Å². The van der Waals surface area contributed by atoms with Gasteiger partial charge in [-0.05, 0) is 50.1 Å². The number of nitrogens with one attached hydrogen (secondary N) is 1. The Kier molecular flexibility index (Phi) is 7.82. The molecule has 1 saturated heterocycles. The van der Waals surface area contributed by atoms with Gasteiger partial charge in [-0.3, -0.25) is 19.4 Å². The van der Waals surface area contributed by atoms with E-state index in [1.54, 1.807) is 19.1 Å². The average molecular weight is 696 g/mol. The van der Waals surface area contributed by atoms with Crippen molar-refractivity contribution in [3.8, 4) is 17.1 Å². The highest BCUT2D eigenvalue weighted by molar-refractivity contribution is 6.33. The molecular weight excluding hydrogens is 671 g/mol. The van der Waals surface area contributed by atoms with Gasteiger partial charge in [0.15, 0.2) is 17.3 Å². The summed E-state index contributed by atoms with van der Waals surface area (Å²) < 4.78 is 48.4. The average Bonchev–Trinajstić information content (AvgIpc) is 3.69. The standard InChI is InChI=1S/C31H25ClF3N9O5/c1-16-25(46)24(38-15-37-16)28(48)42-10-6-30(7-11-42)23-21(14-49-30)43(13-22(45)39-20-3-2-18(12-19(20)32)31(33,34)35)29-40-26(41-44(29)27(23)47)17-4-8-36-9-5-17/h2-5,8-9,12,15,46H,6-7,10-11,13-14H2,1H3,(H,39,45). The molecular formula is C31H25ClF3N9O5. The van der Waals surface area contributed by atoms with E-state index in [4.69, 9.17) is 16.3 Å². The van der Waals surface area contributed by atoms with Crippen LogP contribution < -0.4 is 10.9 Å². The molecule has 0 unspecified atom stereocenters. The Morgan fingerprint density at radius 3 is 2.55 bits per heavy atom. The second kappa shape index (κ2) is 11.9. The van der Waals surface area contributed by atoms with Crippen LogP contribution in [0, 0.1) is 6.92 Å². The van der Waals surface area contributed by atoms with E-state index in [9.17, 15) is 32.7 Å². The van der Waals surface area contributed by atoms with Gasteiger partial charge in [0, 0.05) is 31.0 Å². The number of carbonyl (C=O) groups is 2. The molecule has 2 aliphatic rings. The van der Waals surface area contributed by atoms with Crippen LogP contribution in [-0.2, 0) is 34.5 Å². The lowest BCUT2D eigenvalue weighted by Crippen LogP contribution is -2.47. The number of piperidine rings is 1. The molecule has 2 N–H and O–H groups in total. The largest absolute Gasteiger partial charge is 0.504 e. The van der Waals surface area contributed by atoms with Crippen LogP contribution in [0.5, 0.6) is 5.75 Å². The van der Waals surface area contributed by atoms with E-state index in [0.717, 1.165) is 16.6 Å². The maximum atomic E-state index is 14.2. The number of ether oxygens (including phenoxy) is 1. The Balaban J connectivity index is 1.24. The van der Waals surface area contributed by atoms with E-state index in [-0.39, 0.29) is 77.6 Å². The molecule has 14 nitrogen and oxygen atoms in total. The molecule has 5 aromatic rings. The highest BCUT2D eigenvalue weighted by Crippen LogP contribution is 2.43. The van der Waals surface area contributed by atoms with Crippen LogP contribution in [0.1, 0.15) is 45.8 Å². The third-order valence-electron chi connectivity index (χ3n) is 8.67. The van der Waals surface area contributed by atoms with E-state index in [1.807, 2.05) is 0 Å². The number of aryl methyl sites for hydroxylation is 1. The van der Waals surface area contributed by atoms with Crippen LogP contribution in [0.25, 0.3) is 17.2 Å². The Hall–Kier alpha value is -5.42. The molecule has 7 rings (SSSR count). The number of anilines is 1. The minimum atomic E-state index is -4.62. The minimum Gasteiger partial charge on any atom is -0.504 e. The third kappa shape index (κ3) is 5.63. The zero-order valence-corrected chi connectivity index (χ0v) is 26.3. The molecule has 0 radical (unpaired) electrons. The summed E-state index contributed by atoms with van der Waals surface area (Å²) in [7, 11) is 0. The molecule has 2 amide bonds. The molecule has 1 fully saturated rings. The molecule has 1 aromatic carbocycles. The van der Waals surface area contributed by atoms with Crippen molar-refractivity contribution in [2.24, 2.45) is 0 Å². The van der Waals surface area contributed by atoms with Crippen LogP contribution in [0.15, 0.2) is 53.8 Å². The van der Waals surface area contributed by atoms with Gasteiger partial charge in [0.05, 0.1) is 39.8 Å². The molecule has 4 aromatic heterocycles. The first kappa shape index (κ1) is 32.1. The second-order valence-electron chi connectivity index (χ2n) is 11.6. The summed E-state index contributed by atoms with van der Waals surface area (Å²) in [6.45, 7) is 1.37. The second-order valence-corrected chi connectivity index (χ2v) is 12.0. The number of nitrogens with zero attached hydrogens (tertiary/aromatic N) is 8. The molecule has 6 heterocycles. The lowest BCUT2D eigenvalue weighted by molar-refractivity contribution is -0.137. The van der Waals surface area contributed by atoms with Crippen molar-refractivity contribution in [3.05, 3.63) is 92.6 Å². The molecule has 0 saturated carbocycles. The first-order chi connectivity index (χ1) is 23.4. The number of carbonyl (C=O) groups excluding carboxylic acids is 2. The Morgan fingerprint density at radius 2 is 1.86 bits per heavy atom. The molecule has 49 heavy (non-hydrogen) atoms. The number of halogens is 4. The fraction of sp³-hybridized carbons (Fsp3) is 0.290. The van der Waals surface area contributed by atoms with Gasteiger partial charge in [0.25, 0.3) is 11.5 Å². The molecule has 1 spiro atoms. The number of likely N-dealkylation sites (tertiary alicyclic amines) is 1. The molecule has 0 aliphatic carbocycles. The van der Waals surface area contributed by atoms with Crippen molar-refractivity contribution < 1.29 is 32.6 Å². The number of rotatable bonds is 5. The van der Waals surface area contributed by atoms with Crippen molar-refractivity contribution in [3.63, 3.8) is 0 Å². The third-order valence-corrected chi connectivity index (χ3v) is 8.98. The van der Waals surface area contributed by atoms with E-state index >= 15 is 0 Å². The van der Waals surface area contributed by atoms with Crippen LogP contribution in [0.2, 0.25) is 5.02 Å². The van der Waals surface area contributed by atoms with Crippen molar-refractivity contribution >= 4 is 34.9 Å². The number of hydrogen-bond donors (Lipinski definition) is 2. The van der Waals surface area contributed by atoms with Crippen LogP contribution in [0.4, 0.5) is 18.9 Å². The van der Waals surface area contributed by atoms with Crippen LogP contribution in [0.3, 0.4) is 0 Å². The number of aromatic hydroxyl groups is 1. The van der Waals surface area contributed by atoms with Crippen LogP contribution in [-0.4, -0.2) is 69.0 Å². The number of aromatic nitrogens is 7. The van der Waals surface area contributed by atoms with Gasteiger partial charge in [0.2, 0.25) is 11.7 Å². The minimum absolute atomic E-state index is 0.0344. The number of benzene rings is 1. The number of fused-ring (bicyclic) bond motifs is 3. The lowest BCUT2D eigenvalue weighted by atomic mass is 9.85. The molecule has 252 valence electrons. The summed E-state index contributed by atoms with van der Waals surface area (Å²) in [4.78, 5) is 58.7. The van der Waals surface area contributed by atoms with E-state index in [0.29, 0.717) is 17.3 Å².